The van der Waals surface area contributed by atoms with Crippen molar-refractivity contribution >= 4 is 6.03 Å². The van der Waals surface area contributed by atoms with Crippen molar-refractivity contribution in [1.82, 2.24) is 15.5 Å². The van der Waals surface area contributed by atoms with Gasteiger partial charge in [-0.1, -0.05) is 0 Å². The number of nitrogens with zero attached hydrogens (tertiary/aromatic N) is 1. The van der Waals surface area contributed by atoms with Gasteiger partial charge in [0.1, 0.15) is 0 Å². The fourth-order valence-corrected chi connectivity index (χ4v) is 2.18. The zero-order valence-corrected chi connectivity index (χ0v) is 11.8. The van der Waals surface area contributed by atoms with Gasteiger partial charge < -0.3 is 10.6 Å². The smallest absolute Gasteiger partial charge is 0.315 e. The minimum atomic E-state index is -0.0331. The number of likely N-dealkylation sites (tertiary alicyclic amines) is 1. The molecule has 0 unspecified atom stereocenters. The number of urea groups is 1. The number of amides is 2. The largest absolute Gasteiger partial charge is 0.336 e. The highest BCUT2D eigenvalue weighted by Gasteiger charge is 2.27. The molecule has 0 aromatic heterocycles. The van der Waals surface area contributed by atoms with E-state index in [4.69, 9.17) is 0 Å². The molecular weight excluding hydrogens is 214 g/mol. The van der Waals surface area contributed by atoms with Crippen LogP contribution in [0, 0.1) is 0 Å². The van der Waals surface area contributed by atoms with Gasteiger partial charge in [-0.3, -0.25) is 4.90 Å². The highest BCUT2D eigenvalue weighted by atomic mass is 16.2. The molecule has 1 aliphatic heterocycles. The van der Waals surface area contributed by atoms with Crippen LogP contribution in [0.15, 0.2) is 0 Å². The number of hydrogen-bond acceptors (Lipinski definition) is 2. The van der Waals surface area contributed by atoms with Crippen molar-refractivity contribution in [3.63, 3.8) is 0 Å². The van der Waals surface area contributed by atoms with Gasteiger partial charge >= 0.3 is 6.03 Å². The molecule has 0 radical (unpaired) electrons. The summed E-state index contributed by atoms with van der Waals surface area (Å²) in [5.41, 5.74) is 0.241. The summed E-state index contributed by atoms with van der Waals surface area (Å²) in [5.74, 6) is 0. The van der Waals surface area contributed by atoms with Crippen LogP contribution in [0.4, 0.5) is 4.79 Å². The fourth-order valence-electron chi connectivity index (χ4n) is 2.18. The van der Waals surface area contributed by atoms with Gasteiger partial charge in [-0.2, -0.15) is 0 Å². The maximum absolute atomic E-state index is 11.6. The van der Waals surface area contributed by atoms with Crippen LogP contribution in [-0.2, 0) is 0 Å². The van der Waals surface area contributed by atoms with Gasteiger partial charge in [0, 0.05) is 30.7 Å². The van der Waals surface area contributed by atoms with Crippen LogP contribution in [0.25, 0.3) is 0 Å². The van der Waals surface area contributed by atoms with Crippen LogP contribution in [0.3, 0.4) is 0 Å². The van der Waals surface area contributed by atoms with Crippen molar-refractivity contribution in [2.45, 2.75) is 65.1 Å². The van der Waals surface area contributed by atoms with Crippen LogP contribution in [-0.4, -0.2) is 41.6 Å². The van der Waals surface area contributed by atoms with E-state index in [1.165, 1.54) is 0 Å². The Morgan fingerprint density at radius 3 is 2.18 bits per heavy atom. The van der Waals surface area contributed by atoms with Crippen LogP contribution >= 0.6 is 0 Å². The Labute approximate surface area is 105 Å². The molecule has 1 fully saturated rings. The molecule has 2 amide bonds. The zero-order valence-electron chi connectivity index (χ0n) is 11.8. The summed E-state index contributed by atoms with van der Waals surface area (Å²) < 4.78 is 0. The standard InChI is InChI=1S/C13H27N3O/c1-10(2)14-12(17)15-11-6-8-16(9-7-11)13(3,4)5/h10-11H,6-9H2,1-5H3,(H2,14,15,17). The maximum atomic E-state index is 11.6. The number of hydrogen-bond donors (Lipinski definition) is 2. The van der Waals surface area contributed by atoms with Crippen molar-refractivity contribution in [1.29, 1.82) is 0 Å². The Balaban J connectivity index is 2.30. The lowest BCUT2D eigenvalue weighted by molar-refractivity contribution is 0.0977. The average Bonchev–Trinajstić information content (AvgIpc) is 2.15. The summed E-state index contributed by atoms with van der Waals surface area (Å²) in [7, 11) is 0. The molecule has 17 heavy (non-hydrogen) atoms. The molecular formula is C13H27N3O. The quantitative estimate of drug-likeness (QED) is 0.776. The van der Waals surface area contributed by atoms with E-state index in [-0.39, 0.29) is 17.6 Å². The highest BCUT2D eigenvalue weighted by molar-refractivity contribution is 5.74. The Kier molecular flexibility index (Phi) is 4.80. The lowest BCUT2D eigenvalue weighted by atomic mass is 9.98. The second-order valence-electron chi connectivity index (χ2n) is 6.20. The summed E-state index contributed by atoms with van der Waals surface area (Å²) in [4.78, 5) is 14.0. The van der Waals surface area contributed by atoms with Crippen molar-refractivity contribution in [2.24, 2.45) is 0 Å². The first-order valence-corrected chi connectivity index (χ1v) is 6.61. The number of nitrogens with one attached hydrogen (secondary N) is 2. The van der Waals surface area contributed by atoms with Crippen molar-refractivity contribution in [3.05, 3.63) is 0 Å². The summed E-state index contributed by atoms with van der Waals surface area (Å²) in [6.45, 7) is 12.8. The van der Waals surface area contributed by atoms with E-state index < -0.39 is 0 Å². The van der Waals surface area contributed by atoms with E-state index in [1.807, 2.05) is 13.8 Å². The first-order valence-electron chi connectivity index (χ1n) is 6.61. The summed E-state index contributed by atoms with van der Waals surface area (Å²) in [6.07, 6.45) is 2.09. The highest BCUT2D eigenvalue weighted by Crippen LogP contribution is 2.19. The maximum Gasteiger partial charge on any atom is 0.315 e. The molecule has 1 saturated heterocycles. The molecule has 0 saturated carbocycles. The Morgan fingerprint density at radius 2 is 1.76 bits per heavy atom. The predicted molar refractivity (Wildman–Crippen MR) is 71.2 cm³/mol. The van der Waals surface area contributed by atoms with E-state index in [9.17, 15) is 4.79 Å². The van der Waals surface area contributed by atoms with Gasteiger partial charge in [0.05, 0.1) is 0 Å². The average molecular weight is 241 g/mol. The molecule has 4 heteroatoms. The normalized spacial score (nSPS) is 19.4. The fraction of sp³-hybridized carbons (Fsp3) is 0.923. The number of piperidine rings is 1. The van der Waals surface area contributed by atoms with Crippen LogP contribution in [0.1, 0.15) is 47.5 Å². The van der Waals surface area contributed by atoms with Crippen molar-refractivity contribution in [3.8, 4) is 0 Å². The van der Waals surface area contributed by atoms with E-state index in [2.05, 4.69) is 36.3 Å². The van der Waals surface area contributed by atoms with Crippen molar-refractivity contribution in [2.75, 3.05) is 13.1 Å². The topological polar surface area (TPSA) is 44.4 Å². The van der Waals surface area contributed by atoms with E-state index >= 15 is 0 Å². The first kappa shape index (κ1) is 14.3. The number of rotatable bonds is 2. The van der Waals surface area contributed by atoms with E-state index in [1.54, 1.807) is 0 Å². The zero-order chi connectivity index (χ0) is 13.1. The lowest BCUT2D eigenvalue weighted by Gasteiger charge is -2.41. The third-order valence-electron chi connectivity index (χ3n) is 3.20. The summed E-state index contributed by atoms with van der Waals surface area (Å²) in [6, 6.07) is 0.492. The Bertz CT molecular complexity index is 250. The van der Waals surface area contributed by atoms with Gasteiger partial charge in [0.2, 0.25) is 0 Å². The molecule has 100 valence electrons. The summed E-state index contributed by atoms with van der Waals surface area (Å²) in [5, 5.41) is 5.91. The Hall–Kier alpha value is -0.770. The molecule has 2 N–H and O–H groups in total. The van der Waals surface area contributed by atoms with Crippen LogP contribution in [0.2, 0.25) is 0 Å². The van der Waals surface area contributed by atoms with Gasteiger partial charge in [-0.05, 0) is 47.5 Å². The summed E-state index contributed by atoms with van der Waals surface area (Å²) >= 11 is 0. The minimum Gasteiger partial charge on any atom is -0.336 e. The predicted octanol–water partition coefficient (Wildman–Crippen LogP) is 1.96. The molecule has 0 aliphatic carbocycles. The van der Waals surface area contributed by atoms with Crippen LogP contribution < -0.4 is 10.6 Å². The van der Waals surface area contributed by atoms with Crippen LogP contribution in [0.5, 0.6) is 0 Å². The second-order valence-corrected chi connectivity index (χ2v) is 6.20. The lowest BCUT2D eigenvalue weighted by Crippen LogP contribution is -2.52. The molecule has 1 aliphatic rings. The van der Waals surface area contributed by atoms with Gasteiger partial charge in [-0.25, -0.2) is 4.79 Å². The SMILES string of the molecule is CC(C)NC(=O)NC1CCN(C(C)(C)C)CC1. The molecule has 0 aromatic rings. The van der Waals surface area contributed by atoms with Gasteiger partial charge in [0.25, 0.3) is 0 Å². The monoisotopic (exact) mass is 241 g/mol. The third-order valence-corrected chi connectivity index (χ3v) is 3.20. The van der Waals surface area contributed by atoms with Gasteiger partial charge in [0.15, 0.2) is 0 Å². The number of carbonyl (C=O) groups excluding carboxylic acids is 1. The van der Waals surface area contributed by atoms with E-state index in [0.29, 0.717) is 6.04 Å². The molecule has 0 atom stereocenters. The van der Waals surface area contributed by atoms with Crippen molar-refractivity contribution < 1.29 is 4.79 Å². The number of carbonyl (C=O) groups is 1. The first-order chi connectivity index (χ1) is 7.79. The molecule has 0 aromatic carbocycles. The Morgan fingerprint density at radius 1 is 1.24 bits per heavy atom. The molecule has 4 nitrogen and oxygen atoms in total. The molecule has 0 bridgehead atoms. The second kappa shape index (κ2) is 5.71. The molecule has 0 spiro atoms. The minimum absolute atomic E-state index is 0.0331. The molecule has 1 heterocycles. The third kappa shape index (κ3) is 4.94. The van der Waals surface area contributed by atoms with Gasteiger partial charge in [-0.15, -0.1) is 0 Å². The molecule has 1 rings (SSSR count). The van der Waals surface area contributed by atoms with E-state index in [0.717, 1.165) is 25.9 Å².